The van der Waals surface area contributed by atoms with E-state index in [1.54, 1.807) is 0 Å². The van der Waals surface area contributed by atoms with Crippen LogP contribution in [0, 0.1) is 0 Å². The minimum Gasteiger partial charge on any atom is -0.493 e. The quantitative estimate of drug-likeness (QED) is 0.775. The average molecular weight is 261 g/mol. The highest BCUT2D eigenvalue weighted by molar-refractivity contribution is 5.63. The number of nitrogens with two attached hydrogens (primary N) is 1. The molecule has 0 atom stereocenters. The molecular formula is C14H19N3O2. The molecule has 0 saturated heterocycles. The molecule has 5 heteroatoms. The van der Waals surface area contributed by atoms with Gasteiger partial charge in [0.15, 0.2) is 0 Å². The van der Waals surface area contributed by atoms with E-state index in [-0.39, 0.29) is 0 Å². The zero-order valence-corrected chi connectivity index (χ0v) is 11.1. The highest BCUT2D eigenvalue weighted by atomic mass is 16.5. The molecule has 2 N–H and O–H groups in total. The zero-order valence-electron chi connectivity index (χ0n) is 11.1. The van der Waals surface area contributed by atoms with Crippen molar-refractivity contribution in [2.45, 2.75) is 26.2 Å². The van der Waals surface area contributed by atoms with E-state index >= 15 is 0 Å². The number of hydrogen-bond donors (Lipinski definition) is 1. The van der Waals surface area contributed by atoms with Crippen molar-refractivity contribution in [1.29, 1.82) is 0 Å². The predicted molar refractivity (Wildman–Crippen MR) is 72.9 cm³/mol. The van der Waals surface area contributed by atoms with E-state index in [0.717, 1.165) is 30.6 Å². The molecule has 0 fully saturated rings. The van der Waals surface area contributed by atoms with Crippen LogP contribution in [0.25, 0.3) is 11.4 Å². The lowest BCUT2D eigenvalue weighted by Gasteiger charge is -2.05. The van der Waals surface area contributed by atoms with Crippen LogP contribution in [0.15, 0.2) is 28.8 Å². The number of ether oxygens (including phenoxy) is 1. The predicted octanol–water partition coefficient (Wildman–Crippen LogP) is 2.42. The molecule has 0 unspecified atom stereocenters. The summed E-state index contributed by atoms with van der Waals surface area (Å²) in [5.74, 6) is 2.00. The minimum absolute atomic E-state index is 0.576. The summed E-state index contributed by atoms with van der Waals surface area (Å²) in [5, 5.41) is 4.01. The molecule has 1 heterocycles. The molecule has 0 spiro atoms. The van der Waals surface area contributed by atoms with Crippen LogP contribution in [-0.4, -0.2) is 23.3 Å². The Bertz CT molecular complexity index is 511. The maximum atomic E-state index is 5.56. The van der Waals surface area contributed by atoms with Crippen molar-refractivity contribution >= 4 is 0 Å². The number of para-hydroxylation sites is 1. The van der Waals surface area contributed by atoms with Gasteiger partial charge in [0.2, 0.25) is 11.7 Å². The molecule has 0 amide bonds. The van der Waals surface area contributed by atoms with Gasteiger partial charge in [-0.3, -0.25) is 0 Å². The van der Waals surface area contributed by atoms with E-state index < -0.39 is 0 Å². The topological polar surface area (TPSA) is 74.2 Å². The lowest BCUT2D eigenvalue weighted by atomic mass is 10.2. The third-order valence-electron chi connectivity index (χ3n) is 2.74. The molecule has 1 aromatic carbocycles. The maximum absolute atomic E-state index is 5.56. The summed E-state index contributed by atoms with van der Waals surface area (Å²) < 4.78 is 10.8. The summed E-state index contributed by atoms with van der Waals surface area (Å²) >= 11 is 0. The smallest absolute Gasteiger partial charge is 0.226 e. The largest absolute Gasteiger partial charge is 0.493 e. The number of benzene rings is 1. The zero-order chi connectivity index (χ0) is 13.5. The Morgan fingerprint density at radius 3 is 2.89 bits per heavy atom. The summed E-state index contributed by atoms with van der Waals surface area (Å²) in [5.41, 5.74) is 6.32. The molecule has 5 nitrogen and oxygen atoms in total. The maximum Gasteiger partial charge on any atom is 0.226 e. The van der Waals surface area contributed by atoms with Gasteiger partial charge < -0.3 is 15.0 Å². The SMILES string of the molecule is CCOc1ccccc1-c1noc(CCCCN)n1. The van der Waals surface area contributed by atoms with Gasteiger partial charge in [-0.05, 0) is 38.4 Å². The molecule has 2 aromatic rings. The summed E-state index contributed by atoms with van der Waals surface area (Å²) in [6.45, 7) is 3.25. The number of unbranched alkanes of at least 4 members (excludes halogenated alkanes) is 1. The van der Waals surface area contributed by atoms with Gasteiger partial charge in [-0.2, -0.15) is 4.98 Å². The van der Waals surface area contributed by atoms with Crippen LogP contribution in [0.3, 0.4) is 0 Å². The fourth-order valence-corrected chi connectivity index (χ4v) is 1.82. The van der Waals surface area contributed by atoms with Gasteiger partial charge in [-0.25, -0.2) is 0 Å². The van der Waals surface area contributed by atoms with Crippen LogP contribution < -0.4 is 10.5 Å². The average Bonchev–Trinajstić information content (AvgIpc) is 2.89. The van der Waals surface area contributed by atoms with Gasteiger partial charge in [0.05, 0.1) is 12.2 Å². The number of aryl methyl sites for hydroxylation is 1. The summed E-state index contributed by atoms with van der Waals surface area (Å²) in [6.07, 6.45) is 2.69. The molecule has 0 aliphatic carbocycles. The summed E-state index contributed by atoms with van der Waals surface area (Å²) in [4.78, 5) is 4.40. The first-order valence-electron chi connectivity index (χ1n) is 6.60. The number of nitrogens with zero attached hydrogens (tertiary/aromatic N) is 2. The lowest BCUT2D eigenvalue weighted by Crippen LogP contribution is -1.99. The number of hydrogen-bond acceptors (Lipinski definition) is 5. The van der Waals surface area contributed by atoms with E-state index in [1.807, 2.05) is 31.2 Å². The van der Waals surface area contributed by atoms with Gasteiger partial charge in [-0.1, -0.05) is 17.3 Å². The van der Waals surface area contributed by atoms with Crippen LogP contribution in [0.4, 0.5) is 0 Å². The molecule has 19 heavy (non-hydrogen) atoms. The Morgan fingerprint density at radius 2 is 2.11 bits per heavy atom. The van der Waals surface area contributed by atoms with Gasteiger partial charge in [0, 0.05) is 6.42 Å². The van der Waals surface area contributed by atoms with Crippen molar-refractivity contribution in [2.24, 2.45) is 5.73 Å². The first kappa shape index (κ1) is 13.5. The second-order valence-corrected chi connectivity index (χ2v) is 4.19. The highest BCUT2D eigenvalue weighted by Gasteiger charge is 2.12. The second-order valence-electron chi connectivity index (χ2n) is 4.19. The van der Waals surface area contributed by atoms with Gasteiger partial charge in [0.1, 0.15) is 5.75 Å². The minimum atomic E-state index is 0.576. The highest BCUT2D eigenvalue weighted by Crippen LogP contribution is 2.27. The van der Waals surface area contributed by atoms with Crippen LogP contribution >= 0.6 is 0 Å². The summed E-state index contributed by atoms with van der Waals surface area (Å²) in [7, 11) is 0. The van der Waals surface area contributed by atoms with Crippen LogP contribution in [0.5, 0.6) is 5.75 Å². The molecule has 0 saturated carbocycles. The third kappa shape index (κ3) is 3.54. The van der Waals surface area contributed by atoms with E-state index in [0.29, 0.717) is 24.9 Å². The monoisotopic (exact) mass is 261 g/mol. The first-order valence-corrected chi connectivity index (χ1v) is 6.60. The van der Waals surface area contributed by atoms with Crippen molar-refractivity contribution in [3.8, 4) is 17.1 Å². The lowest BCUT2D eigenvalue weighted by molar-refractivity contribution is 0.340. The van der Waals surface area contributed by atoms with E-state index in [1.165, 1.54) is 0 Å². The second kappa shape index (κ2) is 6.89. The molecule has 0 bridgehead atoms. The summed E-state index contributed by atoms with van der Waals surface area (Å²) in [6, 6.07) is 7.70. The Hall–Kier alpha value is -1.88. The molecule has 0 radical (unpaired) electrons. The standard InChI is InChI=1S/C14H19N3O2/c1-2-18-12-8-4-3-7-11(12)14-16-13(19-17-14)9-5-6-10-15/h3-4,7-8H,2,5-6,9-10,15H2,1H3. The van der Waals surface area contributed by atoms with Crippen molar-refractivity contribution in [2.75, 3.05) is 13.2 Å². The van der Waals surface area contributed by atoms with Crippen molar-refractivity contribution in [3.05, 3.63) is 30.2 Å². The Labute approximate surface area is 112 Å². The molecule has 2 rings (SSSR count). The molecule has 0 aliphatic heterocycles. The van der Waals surface area contributed by atoms with E-state index in [9.17, 15) is 0 Å². The molecule has 102 valence electrons. The van der Waals surface area contributed by atoms with E-state index in [2.05, 4.69) is 10.1 Å². The Balaban J connectivity index is 2.13. The van der Waals surface area contributed by atoms with Gasteiger partial charge in [0.25, 0.3) is 0 Å². The number of aromatic nitrogens is 2. The van der Waals surface area contributed by atoms with Gasteiger partial charge >= 0.3 is 0 Å². The van der Waals surface area contributed by atoms with Crippen LogP contribution in [-0.2, 0) is 6.42 Å². The van der Waals surface area contributed by atoms with Crippen LogP contribution in [0.2, 0.25) is 0 Å². The Kier molecular flexibility index (Phi) is 4.92. The van der Waals surface area contributed by atoms with Crippen LogP contribution in [0.1, 0.15) is 25.7 Å². The fraction of sp³-hybridized carbons (Fsp3) is 0.429. The van der Waals surface area contributed by atoms with Crippen molar-refractivity contribution in [1.82, 2.24) is 10.1 Å². The normalized spacial score (nSPS) is 10.6. The van der Waals surface area contributed by atoms with Gasteiger partial charge in [-0.15, -0.1) is 0 Å². The molecular weight excluding hydrogens is 242 g/mol. The molecule has 0 aliphatic rings. The third-order valence-corrected chi connectivity index (χ3v) is 2.74. The molecule has 1 aromatic heterocycles. The fourth-order valence-electron chi connectivity index (χ4n) is 1.82. The Morgan fingerprint density at radius 1 is 1.26 bits per heavy atom. The van der Waals surface area contributed by atoms with Crippen molar-refractivity contribution in [3.63, 3.8) is 0 Å². The van der Waals surface area contributed by atoms with Crippen molar-refractivity contribution < 1.29 is 9.26 Å². The first-order chi connectivity index (χ1) is 9.35. The van der Waals surface area contributed by atoms with E-state index in [4.69, 9.17) is 15.0 Å². The number of rotatable bonds is 7.